The van der Waals surface area contributed by atoms with Crippen LogP contribution < -0.4 is 5.73 Å². The molecule has 1 amide bonds. The number of fused-ring (bicyclic) bond motifs is 1. The van der Waals surface area contributed by atoms with Gasteiger partial charge in [-0.25, -0.2) is 0 Å². The first-order chi connectivity index (χ1) is 10.1. The van der Waals surface area contributed by atoms with E-state index in [4.69, 9.17) is 5.73 Å². The number of rotatable bonds is 2. The van der Waals surface area contributed by atoms with Gasteiger partial charge in [0.2, 0.25) is 5.91 Å². The zero-order chi connectivity index (χ0) is 14.8. The predicted octanol–water partition coefficient (Wildman–Crippen LogP) is 2.03. The van der Waals surface area contributed by atoms with E-state index < -0.39 is 0 Å². The van der Waals surface area contributed by atoms with Crippen molar-refractivity contribution >= 4 is 11.6 Å². The lowest BCUT2D eigenvalue weighted by atomic mass is 9.98. The Kier molecular flexibility index (Phi) is 4.15. The van der Waals surface area contributed by atoms with E-state index in [1.54, 1.807) is 0 Å². The van der Waals surface area contributed by atoms with Gasteiger partial charge in [0.15, 0.2) is 0 Å². The Morgan fingerprint density at radius 3 is 3.00 bits per heavy atom. The maximum absolute atomic E-state index is 12.5. The summed E-state index contributed by atoms with van der Waals surface area (Å²) in [5.74, 6) is 0.278. The van der Waals surface area contributed by atoms with Gasteiger partial charge < -0.3 is 10.6 Å². The number of carbonyl (C=O) groups is 1. The molecule has 2 aliphatic heterocycles. The van der Waals surface area contributed by atoms with E-state index in [0.717, 1.165) is 44.6 Å². The van der Waals surface area contributed by atoms with Gasteiger partial charge >= 0.3 is 0 Å². The van der Waals surface area contributed by atoms with Crippen LogP contribution in [-0.2, 0) is 17.8 Å². The van der Waals surface area contributed by atoms with Crippen LogP contribution in [0.1, 0.15) is 37.3 Å². The molecule has 3 rings (SSSR count). The van der Waals surface area contributed by atoms with Crippen LogP contribution in [0.3, 0.4) is 0 Å². The molecule has 1 atom stereocenters. The van der Waals surface area contributed by atoms with E-state index in [-0.39, 0.29) is 5.91 Å². The van der Waals surface area contributed by atoms with Gasteiger partial charge in [-0.1, -0.05) is 12.1 Å². The van der Waals surface area contributed by atoms with Gasteiger partial charge in [-0.2, -0.15) is 0 Å². The number of amides is 1. The normalized spacial score (nSPS) is 22.9. The third-order valence-electron chi connectivity index (χ3n) is 4.87. The Hall–Kier alpha value is -1.55. The van der Waals surface area contributed by atoms with Crippen LogP contribution in [0.5, 0.6) is 0 Å². The fourth-order valence-electron chi connectivity index (χ4n) is 3.55. The lowest BCUT2D eigenvalue weighted by molar-refractivity contribution is -0.135. The Morgan fingerprint density at radius 2 is 2.19 bits per heavy atom. The number of likely N-dealkylation sites (tertiary alicyclic amines) is 1. The molecule has 0 bridgehead atoms. The summed E-state index contributed by atoms with van der Waals surface area (Å²) in [6, 6.07) is 6.52. The van der Waals surface area contributed by atoms with Crippen LogP contribution in [0.2, 0.25) is 0 Å². The SMILES string of the molecule is CC1CCCCN1C(=O)CN1CCc2cccc(N)c2C1. The van der Waals surface area contributed by atoms with E-state index in [2.05, 4.69) is 22.8 Å². The summed E-state index contributed by atoms with van der Waals surface area (Å²) in [7, 11) is 0. The van der Waals surface area contributed by atoms with Gasteiger partial charge in [-0.05, 0) is 49.8 Å². The molecule has 1 fully saturated rings. The fraction of sp³-hybridized carbons (Fsp3) is 0.588. The smallest absolute Gasteiger partial charge is 0.236 e. The van der Waals surface area contributed by atoms with Crippen LogP contribution in [0.4, 0.5) is 5.69 Å². The van der Waals surface area contributed by atoms with Crippen molar-refractivity contribution in [2.45, 2.75) is 45.2 Å². The van der Waals surface area contributed by atoms with E-state index in [0.29, 0.717) is 12.6 Å². The topological polar surface area (TPSA) is 49.6 Å². The first-order valence-corrected chi connectivity index (χ1v) is 8.03. The number of carbonyl (C=O) groups excluding carboxylic acids is 1. The minimum absolute atomic E-state index is 0.278. The molecule has 2 aliphatic rings. The molecule has 0 saturated carbocycles. The number of piperidine rings is 1. The third kappa shape index (κ3) is 3.05. The largest absolute Gasteiger partial charge is 0.398 e. The van der Waals surface area contributed by atoms with Gasteiger partial charge in [0.05, 0.1) is 6.54 Å². The average Bonchev–Trinajstić information content (AvgIpc) is 2.48. The van der Waals surface area contributed by atoms with E-state index in [9.17, 15) is 4.79 Å². The molecule has 1 aromatic carbocycles. The quantitative estimate of drug-likeness (QED) is 0.847. The van der Waals surface area contributed by atoms with E-state index in [1.165, 1.54) is 17.5 Å². The van der Waals surface area contributed by atoms with Crippen LogP contribution in [-0.4, -0.2) is 41.4 Å². The first kappa shape index (κ1) is 14.4. The van der Waals surface area contributed by atoms with Crippen molar-refractivity contribution in [1.82, 2.24) is 9.80 Å². The van der Waals surface area contributed by atoms with Crippen LogP contribution in [0.15, 0.2) is 18.2 Å². The maximum atomic E-state index is 12.5. The Balaban J connectivity index is 1.64. The third-order valence-corrected chi connectivity index (χ3v) is 4.87. The highest BCUT2D eigenvalue weighted by molar-refractivity contribution is 5.78. The predicted molar refractivity (Wildman–Crippen MR) is 84.9 cm³/mol. The van der Waals surface area contributed by atoms with Crippen LogP contribution in [0, 0.1) is 0 Å². The summed E-state index contributed by atoms with van der Waals surface area (Å²) in [5.41, 5.74) is 9.48. The number of nitrogens with zero attached hydrogens (tertiary/aromatic N) is 2. The van der Waals surface area contributed by atoms with E-state index >= 15 is 0 Å². The number of benzene rings is 1. The maximum Gasteiger partial charge on any atom is 0.236 e. The number of nitrogen functional groups attached to an aromatic ring is 1. The average molecular weight is 287 g/mol. The van der Waals surface area contributed by atoms with Gasteiger partial charge in [-0.3, -0.25) is 9.69 Å². The van der Waals surface area contributed by atoms with Crippen molar-refractivity contribution < 1.29 is 4.79 Å². The Bertz CT molecular complexity index is 529. The molecule has 4 heteroatoms. The monoisotopic (exact) mass is 287 g/mol. The van der Waals surface area contributed by atoms with Gasteiger partial charge in [0.1, 0.15) is 0 Å². The molecule has 0 aliphatic carbocycles. The first-order valence-electron chi connectivity index (χ1n) is 8.03. The number of anilines is 1. The van der Waals surface area contributed by atoms with Gasteiger partial charge in [0, 0.05) is 31.4 Å². The Morgan fingerprint density at radius 1 is 1.33 bits per heavy atom. The highest BCUT2D eigenvalue weighted by atomic mass is 16.2. The molecule has 1 aromatic rings. The van der Waals surface area contributed by atoms with Gasteiger partial charge in [0.25, 0.3) is 0 Å². The van der Waals surface area contributed by atoms with Gasteiger partial charge in [-0.15, -0.1) is 0 Å². The van der Waals surface area contributed by atoms with Crippen LogP contribution in [0.25, 0.3) is 0 Å². The van der Waals surface area contributed by atoms with Crippen molar-refractivity contribution in [3.8, 4) is 0 Å². The summed E-state index contributed by atoms with van der Waals surface area (Å²) >= 11 is 0. The molecular formula is C17H25N3O. The molecule has 1 unspecified atom stereocenters. The van der Waals surface area contributed by atoms with Crippen molar-refractivity contribution in [2.75, 3.05) is 25.4 Å². The molecular weight excluding hydrogens is 262 g/mol. The number of nitrogens with two attached hydrogens (primary N) is 1. The zero-order valence-electron chi connectivity index (χ0n) is 12.8. The molecule has 21 heavy (non-hydrogen) atoms. The second kappa shape index (κ2) is 6.06. The highest BCUT2D eigenvalue weighted by Crippen LogP contribution is 2.24. The second-order valence-electron chi connectivity index (χ2n) is 6.38. The molecule has 0 radical (unpaired) electrons. The fourth-order valence-corrected chi connectivity index (χ4v) is 3.55. The summed E-state index contributed by atoms with van der Waals surface area (Å²) in [6.45, 7) is 5.37. The Labute approximate surface area is 126 Å². The molecule has 1 saturated heterocycles. The van der Waals surface area contributed by atoms with Crippen molar-refractivity contribution in [3.63, 3.8) is 0 Å². The molecule has 2 N–H and O–H groups in total. The minimum atomic E-state index is 0.278. The number of hydrogen-bond donors (Lipinski definition) is 1. The summed E-state index contributed by atoms with van der Waals surface area (Å²) in [5, 5.41) is 0. The minimum Gasteiger partial charge on any atom is -0.398 e. The molecule has 0 spiro atoms. The van der Waals surface area contributed by atoms with E-state index in [1.807, 2.05) is 12.1 Å². The lowest BCUT2D eigenvalue weighted by Crippen LogP contribution is -2.47. The standard InChI is InChI=1S/C17H25N3O/c1-13-5-2-3-9-20(13)17(21)12-19-10-8-14-6-4-7-16(18)15(14)11-19/h4,6-7,13H,2-3,5,8-12,18H2,1H3. The summed E-state index contributed by atoms with van der Waals surface area (Å²) in [6.07, 6.45) is 4.52. The molecule has 4 nitrogen and oxygen atoms in total. The second-order valence-corrected chi connectivity index (χ2v) is 6.38. The lowest BCUT2D eigenvalue weighted by Gasteiger charge is -2.36. The van der Waals surface area contributed by atoms with Crippen molar-refractivity contribution in [3.05, 3.63) is 29.3 Å². The van der Waals surface area contributed by atoms with Crippen molar-refractivity contribution in [2.24, 2.45) is 0 Å². The molecule has 0 aromatic heterocycles. The number of hydrogen-bond acceptors (Lipinski definition) is 3. The summed E-state index contributed by atoms with van der Waals surface area (Å²) < 4.78 is 0. The summed E-state index contributed by atoms with van der Waals surface area (Å²) in [4.78, 5) is 16.8. The molecule has 114 valence electrons. The molecule has 2 heterocycles. The highest BCUT2D eigenvalue weighted by Gasteiger charge is 2.26. The zero-order valence-corrected chi connectivity index (χ0v) is 12.8. The van der Waals surface area contributed by atoms with Crippen LogP contribution >= 0.6 is 0 Å². The van der Waals surface area contributed by atoms with Crippen molar-refractivity contribution in [1.29, 1.82) is 0 Å².